The van der Waals surface area contributed by atoms with Crippen molar-refractivity contribution in [2.75, 3.05) is 24.2 Å². The minimum absolute atomic E-state index is 0.240. The van der Waals surface area contributed by atoms with Crippen LogP contribution in [0.1, 0.15) is 19.8 Å². The van der Waals surface area contributed by atoms with Gasteiger partial charge < -0.3 is 16.2 Å². The topological polar surface area (TPSA) is 71.2 Å². The third kappa shape index (κ3) is 3.15. The number of anilines is 2. The van der Waals surface area contributed by atoms with E-state index in [9.17, 15) is 0 Å². The smallest absolute Gasteiger partial charge is 0.0951 e. The van der Waals surface area contributed by atoms with E-state index in [1.807, 2.05) is 24.3 Å². The van der Waals surface area contributed by atoms with Crippen molar-refractivity contribution in [2.24, 2.45) is 5.92 Å². The predicted molar refractivity (Wildman–Crippen MR) is 80.1 cm³/mol. The van der Waals surface area contributed by atoms with Crippen molar-refractivity contribution in [3.8, 4) is 0 Å². The van der Waals surface area contributed by atoms with Crippen molar-refractivity contribution in [1.82, 2.24) is 4.98 Å². The first-order valence-corrected chi connectivity index (χ1v) is 6.74. The van der Waals surface area contributed by atoms with E-state index in [1.165, 1.54) is 0 Å². The Morgan fingerprint density at radius 1 is 1.37 bits per heavy atom. The third-order valence-corrected chi connectivity index (χ3v) is 3.50. The highest BCUT2D eigenvalue weighted by atomic mass is 16.3. The largest absolute Gasteiger partial charge is 0.397 e. The van der Waals surface area contributed by atoms with Gasteiger partial charge in [0.2, 0.25) is 0 Å². The van der Waals surface area contributed by atoms with Gasteiger partial charge in [0.1, 0.15) is 0 Å². The molecule has 0 saturated heterocycles. The fourth-order valence-corrected chi connectivity index (χ4v) is 2.24. The van der Waals surface area contributed by atoms with E-state index in [0.29, 0.717) is 11.6 Å². The molecule has 1 aromatic carbocycles. The number of aliphatic hydroxyl groups excluding tert-OH is 1. The molecule has 2 rings (SSSR count). The van der Waals surface area contributed by atoms with Crippen molar-refractivity contribution in [2.45, 2.75) is 19.8 Å². The monoisotopic (exact) mass is 259 g/mol. The molecule has 4 nitrogen and oxygen atoms in total. The lowest BCUT2D eigenvalue weighted by Crippen LogP contribution is -2.15. The van der Waals surface area contributed by atoms with E-state index in [0.717, 1.165) is 36.0 Å². The summed E-state index contributed by atoms with van der Waals surface area (Å²) in [5, 5.41) is 13.5. The molecule has 0 aliphatic rings. The van der Waals surface area contributed by atoms with Gasteiger partial charge in [-0.3, -0.25) is 4.98 Å². The highest BCUT2D eigenvalue weighted by molar-refractivity contribution is 5.98. The van der Waals surface area contributed by atoms with Gasteiger partial charge in [0.05, 0.1) is 11.2 Å². The molecular formula is C15H21N3O. The second kappa shape index (κ2) is 6.38. The Labute approximate surface area is 113 Å². The third-order valence-electron chi connectivity index (χ3n) is 3.50. The number of hydrogen-bond acceptors (Lipinski definition) is 4. The van der Waals surface area contributed by atoms with Crippen LogP contribution in [-0.2, 0) is 0 Å². The molecule has 0 aliphatic carbocycles. The molecule has 19 heavy (non-hydrogen) atoms. The summed E-state index contributed by atoms with van der Waals surface area (Å²) in [5.41, 5.74) is 8.51. The van der Waals surface area contributed by atoms with Crippen molar-refractivity contribution in [3.05, 3.63) is 30.5 Å². The second-order valence-corrected chi connectivity index (χ2v) is 4.77. The van der Waals surface area contributed by atoms with Crippen molar-refractivity contribution in [3.63, 3.8) is 0 Å². The maximum Gasteiger partial charge on any atom is 0.0951 e. The van der Waals surface area contributed by atoms with Gasteiger partial charge in [0.15, 0.2) is 0 Å². The van der Waals surface area contributed by atoms with E-state index >= 15 is 0 Å². The van der Waals surface area contributed by atoms with E-state index in [2.05, 4.69) is 17.2 Å². The molecule has 1 atom stereocenters. The van der Waals surface area contributed by atoms with Crippen molar-refractivity contribution in [1.29, 1.82) is 0 Å². The highest BCUT2D eigenvalue weighted by Crippen LogP contribution is 2.26. The highest BCUT2D eigenvalue weighted by Gasteiger charge is 2.08. The summed E-state index contributed by atoms with van der Waals surface area (Å²) < 4.78 is 0. The van der Waals surface area contributed by atoms with E-state index in [-0.39, 0.29) is 6.61 Å². The van der Waals surface area contributed by atoms with Crippen LogP contribution in [0.25, 0.3) is 10.9 Å². The lowest BCUT2D eigenvalue weighted by Gasteiger charge is -2.16. The average Bonchev–Trinajstić information content (AvgIpc) is 2.45. The lowest BCUT2D eigenvalue weighted by molar-refractivity contribution is 0.258. The number of nitrogens with zero attached hydrogens (tertiary/aromatic N) is 1. The normalized spacial score (nSPS) is 12.5. The number of pyridine rings is 1. The van der Waals surface area contributed by atoms with Gasteiger partial charge in [-0.25, -0.2) is 0 Å². The number of nitrogens with two attached hydrogens (primary N) is 1. The van der Waals surface area contributed by atoms with Gasteiger partial charge in [-0.1, -0.05) is 13.3 Å². The maximum atomic E-state index is 9.02. The second-order valence-electron chi connectivity index (χ2n) is 4.77. The fraction of sp³-hybridized carbons (Fsp3) is 0.400. The van der Waals surface area contributed by atoms with Crippen molar-refractivity contribution < 1.29 is 5.11 Å². The number of aliphatic hydroxyl groups is 1. The van der Waals surface area contributed by atoms with Crippen LogP contribution in [0.4, 0.5) is 11.4 Å². The number of aromatic nitrogens is 1. The molecule has 102 valence electrons. The molecule has 1 heterocycles. The van der Waals surface area contributed by atoms with Crippen LogP contribution >= 0.6 is 0 Å². The molecule has 4 N–H and O–H groups in total. The van der Waals surface area contributed by atoms with Gasteiger partial charge in [-0.15, -0.1) is 0 Å². The van der Waals surface area contributed by atoms with Gasteiger partial charge >= 0.3 is 0 Å². The lowest BCUT2D eigenvalue weighted by atomic mass is 10.0. The summed E-state index contributed by atoms with van der Waals surface area (Å²) >= 11 is 0. The molecular weight excluding hydrogens is 238 g/mol. The van der Waals surface area contributed by atoms with Crippen LogP contribution in [0.5, 0.6) is 0 Å². The molecule has 0 aliphatic heterocycles. The van der Waals surface area contributed by atoms with Crippen molar-refractivity contribution >= 4 is 22.3 Å². The van der Waals surface area contributed by atoms with Crippen LogP contribution in [0, 0.1) is 5.92 Å². The van der Waals surface area contributed by atoms with E-state index in [1.54, 1.807) is 6.20 Å². The first-order valence-electron chi connectivity index (χ1n) is 6.74. The van der Waals surface area contributed by atoms with Crippen LogP contribution in [0.15, 0.2) is 30.5 Å². The van der Waals surface area contributed by atoms with Crippen LogP contribution < -0.4 is 11.1 Å². The zero-order valence-corrected chi connectivity index (χ0v) is 11.3. The quantitative estimate of drug-likeness (QED) is 0.697. The Kier molecular flexibility index (Phi) is 4.58. The Bertz CT molecular complexity index is 542. The van der Waals surface area contributed by atoms with Crippen LogP contribution in [0.2, 0.25) is 0 Å². The molecule has 0 radical (unpaired) electrons. The van der Waals surface area contributed by atoms with Crippen LogP contribution in [0.3, 0.4) is 0 Å². The SMILES string of the molecule is CCC(CCO)CNc1ccc(N)c2ncccc12. The van der Waals surface area contributed by atoms with Gasteiger partial charge in [0, 0.05) is 30.4 Å². The number of rotatable bonds is 6. The zero-order chi connectivity index (χ0) is 13.7. The fourth-order valence-electron chi connectivity index (χ4n) is 2.24. The Morgan fingerprint density at radius 3 is 2.95 bits per heavy atom. The standard InChI is InChI=1S/C15H21N3O/c1-2-11(7-9-19)10-18-14-6-5-13(16)15-12(14)4-3-8-17-15/h3-6,8,11,18-19H,2,7,9-10,16H2,1H3. The summed E-state index contributed by atoms with van der Waals surface area (Å²) in [6.45, 7) is 3.24. The average molecular weight is 259 g/mol. The minimum atomic E-state index is 0.240. The number of fused-ring (bicyclic) bond motifs is 1. The number of benzene rings is 1. The zero-order valence-electron chi connectivity index (χ0n) is 11.3. The van der Waals surface area contributed by atoms with Crippen LogP contribution in [-0.4, -0.2) is 23.2 Å². The first kappa shape index (κ1) is 13.6. The Balaban J connectivity index is 2.19. The molecule has 0 fully saturated rings. The first-order chi connectivity index (χ1) is 9.26. The molecule has 0 amide bonds. The molecule has 0 spiro atoms. The van der Waals surface area contributed by atoms with E-state index < -0.39 is 0 Å². The summed E-state index contributed by atoms with van der Waals surface area (Å²) in [4.78, 5) is 4.32. The Morgan fingerprint density at radius 2 is 2.21 bits per heavy atom. The molecule has 2 aromatic rings. The summed E-state index contributed by atoms with van der Waals surface area (Å²) in [6, 6.07) is 7.81. The van der Waals surface area contributed by atoms with Gasteiger partial charge in [-0.2, -0.15) is 0 Å². The summed E-state index contributed by atoms with van der Waals surface area (Å²) in [6.07, 6.45) is 3.64. The Hall–Kier alpha value is -1.81. The van der Waals surface area contributed by atoms with Gasteiger partial charge in [0.25, 0.3) is 0 Å². The molecule has 1 unspecified atom stereocenters. The molecule has 1 aromatic heterocycles. The molecule has 4 heteroatoms. The predicted octanol–water partition coefficient (Wildman–Crippen LogP) is 2.64. The maximum absolute atomic E-state index is 9.02. The molecule has 0 bridgehead atoms. The van der Waals surface area contributed by atoms with E-state index in [4.69, 9.17) is 10.8 Å². The number of nitrogens with one attached hydrogen (secondary N) is 1. The van der Waals surface area contributed by atoms with Gasteiger partial charge in [-0.05, 0) is 36.6 Å². The number of nitrogen functional groups attached to an aromatic ring is 1. The molecule has 0 saturated carbocycles. The summed E-state index contributed by atoms with van der Waals surface area (Å²) in [7, 11) is 0. The minimum Gasteiger partial charge on any atom is -0.397 e. The number of hydrogen-bond donors (Lipinski definition) is 3. The summed E-state index contributed by atoms with van der Waals surface area (Å²) in [5.74, 6) is 0.481.